The quantitative estimate of drug-likeness (QED) is 0.578. The van der Waals surface area contributed by atoms with E-state index in [1.54, 1.807) is 35.0 Å². The number of hydrogen-bond acceptors (Lipinski definition) is 6. The fraction of sp³-hybridized carbons (Fsp3) is 0.316. The summed E-state index contributed by atoms with van der Waals surface area (Å²) in [5, 5.41) is 15.1. The highest BCUT2D eigenvalue weighted by Gasteiger charge is 2.13. The summed E-state index contributed by atoms with van der Waals surface area (Å²) in [6, 6.07) is 9.94. The van der Waals surface area contributed by atoms with Gasteiger partial charge in [-0.05, 0) is 42.0 Å². The van der Waals surface area contributed by atoms with Gasteiger partial charge in [0, 0.05) is 29.7 Å². The van der Waals surface area contributed by atoms with E-state index in [1.165, 1.54) is 6.07 Å². The minimum Gasteiger partial charge on any atom is -0.490 e. The third kappa shape index (κ3) is 4.69. The first-order chi connectivity index (χ1) is 13.6. The van der Waals surface area contributed by atoms with E-state index in [0.717, 1.165) is 5.56 Å². The largest absolute Gasteiger partial charge is 0.490 e. The molecule has 0 aliphatic carbocycles. The van der Waals surface area contributed by atoms with Crippen molar-refractivity contribution in [1.82, 2.24) is 20.2 Å². The molecular weight excluding hydrogens is 385 g/mol. The van der Waals surface area contributed by atoms with Crippen LogP contribution in [0.4, 0.5) is 10.3 Å². The number of aromatic nitrogens is 4. The SMILES string of the molecule is CCOc1cc(CNc2nnnn2CC)c(Cl)cc1OCc1ccccc1F. The van der Waals surface area contributed by atoms with Gasteiger partial charge in [0.05, 0.1) is 6.61 Å². The molecule has 0 fully saturated rings. The van der Waals surface area contributed by atoms with Gasteiger partial charge in [-0.3, -0.25) is 0 Å². The number of nitrogens with one attached hydrogen (secondary N) is 1. The van der Waals surface area contributed by atoms with Gasteiger partial charge < -0.3 is 14.8 Å². The van der Waals surface area contributed by atoms with Gasteiger partial charge in [-0.2, -0.15) is 0 Å². The van der Waals surface area contributed by atoms with E-state index in [2.05, 4.69) is 20.8 Å². The van der Waals surface area contributed by atoms with Crippen molar-refractivity contribution in [2.75, 3.05) is 11.9 Å². The first kappa shape index (κ1) is 19.9. The monoisotopic (exact) mass is 405 g/mol. The molecule has 0 aliphatic rings. The van der Waals surface area contributed by atoms with Crippen molar-refractivity contribution in [1.29, 1.82) is 0 Å². The maximum Gasteiger partial charge on any atom is 0.243 e. The van der Waals surface area contributed by atoms with Crippen LogP contribution in [0.15, 0.2) is 36.4 Å². The summed E-state index contributed by atoms with van der Waals surface area (Å²) in [5.41, 5.74) is 1.26. The van der Waals surface area contributed by atoms with E-state index in [1.807, 2.05) is 13.8 Å². The molecule has 1 heterocycles. The molecule has 3 aromatic rings. The Balaban J connectivity index is 1.76. The van der Waals surface area contributed by atoms with Gasteiger partial charge in [-0.15, -0.1) is 0 Å². The summed E-state index contributed by atoms with van der Waals surface area (Å²) in [5.74, 6) is 1.23. The Morgan fingerprint density at radius 1 is 1.11 bits per heavy atom. The molecule has 0 aliphatic heterocycles. The zero-order valence-electron chi connectivity index (χ0n) is 15.7. The van der Waals surface area contributed by atoms with Gasteiger partial charge in [-0.25, -0.2) is 9.07 Å². The van der Waals surface area contributed by atoms with Gasteiger partial charge in [0.1, 0.15) is 12.4 Å². The molecule has 0 saturated heterocycles. The lowest BCUT2D eigenvalue weighted by molar-refractivity contribution is 0.265. The summed E-state index contributed by atoms with van der Waals surface area (Å²) in [6.45, 7) is 5.42. The van der Waals surface area contributed by atoms with E-state index >= 15 is 0 Å². The van der Waals surface area contributed by atoms with Gasteiger partial charge in [0.15, 0.2) is 11.5 Å². The second kappa shape index (κ2) is 9.36. The molecule has 3 rings (SSSR count). The molecule has 0 saturated carbocycles. The standard InChI is InChI=1S/C19H21ClFN5O2/c1-3-26-19(23-24-25-26)22-11-14-9-17(27-4-2)18(10-15(14)20)28-12-13-7-5-6-8-16(13)21/h5-10H,3-4,11-12H2,1-2H3,(H,22,23,25). The third-order valence-corrected chi connectivity index (χ3v) is 4.37. The molecule has 28 heavy (non-hydrogen) atoms. The fourth-order valence-corrected chi connectivity index (χ4v) is 2.80. The van der Waals surface area contributed by atoms with E-state index < -0.39 is 0 Å². The van der Waals surface area contributed by atoms with Crippen molar-refractivity contribution in [3.63, 3.8) is 0 Å². The molecule has 0 bridgehead atoms. The lowest BCUT2D eigenvalue weighted by Crippen LogP contribution is -2.09. The predicted octanol–water partition coefficient (Wildman–Crippen LogP) is 4.08. The van der Waals surface area contributed by atoms with E-state index in [-0.39, 0.29) is 12.4 Å². The topological polar surface area (TPSA) is 74.1 Å². The van der Waals surface area contributed by atoms with Crippen LogP contribution < -0.4 is 14.8 Å². The number of halogens is 2. The van der Waals surface area contributed by atoms with Crippen molar-refractivity contribution in [2.45, 2.75) is 33.5 Å². The number of hydrogen-bond donors (Lipinski definition) is 1. The Hall–Kier alpha value is -2.87. The lowest BCUT2D eigenvalue weighted by atomic mass is 10.2. The summed E-state index contributed by atoms with van der Waals surface area (Å²) in [6.07, 6.45) is 0. The Labute approximate surface area is 167 Å². The number of aryl methyl sites for hydroxylation is 1. The van der Waals surface area contributed by atoms with Crippen molar-refractivity contribution < 1.29 is 13.9 Å². The normalized spacial score (nSPS) is 10.7. The van der Waals surface area contributed by atoms with Gasteiger partial charge in [0.25, 0.3) is 0 Å². The second-order valence-corrected chi connectivity index (χ2v) is 6.28. The first-order valence-corrected chi connectivity index (χ1v) is 9.31. The highest BCUT2D eigenvalue weighted by atomic mass is 35.5. The van der Waals surface area contributed by atoms with E-state index in [4.69, 9.17) is 21.1 Å². The Morgan fingerprint density at radius 2 is 1.89 bits per heavy atom. The summed E-state index contributed by atoms with van der Waals surface area (Å²) in [7, 11) is 0. The van der Waals surface area contributed by atoms with Gasteiger partial charge in [-0.1, -0.05) is 34.9 Å². The molecular formula is C19H21ClFN5O2. The molecule has 7 nitrogen and oxygen atoms in total. The number of anilines is 1. The average molecular weight is 406 g/mol. The molecule has 0 radical (unpaired) electrons. The van der Waals surface area contributed by atoms with E-state index in [9.17, 15) is 4.39 Å². The van der Waals surface area contributed by atoms with Gasteiger partial charge in [0.2, 0.25) is 5.95 Å². The zero-order valence-corrected chi connectivity index (χ0v) is 16.4. The zero-order chi connectivity index (χ0) is 19.9. The molecule has 148 valence electrons. The first-order valence-electron chi connectivity index (χ1n) is 8.93. The molecule has 0 atom stereocenters. The lowest BCUT2D eigenvalue weighted by Gasteiger charge is -2.15. The molecule has 1 aromatic heterocycles. The molecule has 0 unspecified atom stereocenters. The number of ether oxygens (including phenoxy) is 2. The third-order valence-electron chi connectivity index (χ3n) is 4.02. The van der Waals surface area contributed by atoms with Crippen LogP contribution in [0.5, 0.6) is 11.5 Å². The molecule has 9 heteroatoms. The van der Waals surface area contributed by atoms with Crippen LogP contribution in [0.3, 0.4) is 0 Å². The summed E-state index contributed by atoms with van der Waals surface area (Å²) in [4.78, 5) is 0. The van der Waals surface area contributed by atoms with Crippen LogP contribution in [-0.2, 0) is 19.7 Å². The van der Waals surface area contributed by atoms with Gasteiger partial charge >= 0.3 is 0 Å². The van der Waals surface area contributed by atoms with E-state index in [0.29, 0.717) is 47.7 Å². The highest BCUT2D eigenvalue weighted by molar-refractivity contribution is 6.31. The number of rotatable bonds is 9. The summed E-state index contributed by atoms with van der Waals surface area (Å²) < 4.78 is 26.9. The average Bonchev–Trinajstić information content (AvgIpc) is 3.15. The fourth-order valence-electron chi connectivity index (χ4n) is 2.58. The predicted molar refractivity (Wildman–Crippen MR) is 104 cm³/mol. The molecule has 0 amide bonds. The Kier molecular flexibility index (Phi) is 6.65. The molecule has 2 aromatic carbocycles. The maximum absolute atomic E-state index is 13.8. The smallest absolute Gasteiger partial charge is 0.243 e. The molecule has 1 N–H and O–H groups in total. The van der Waals surface area contributed by atoms with Crippen LogP contribution in [0.1, 0.15) is 25.0 Å². The van der Waals surface area contributed by atoms with Crippen LogP contribution in [0.2, 0.25) is 5.02 Å². The minimum atomic E-state index is -0.318. The van der Waals surface area contributed by atoms with Crippen molar-refractivity contribution in [3.8, 4) is 11.5 Å². The minimum absolute atomic E-state index is 0.0753. The van der Waals surface area contributed by atoms with Crippen molar-refractivity contribution in [3.05, 3.63) is 58.4 Å². The second-order valence-electron chi connectivity index (χ2n) is 5.88. The van der Waals surface area contributed by atoms with Crippen LogP contribution >= 0.6 is 11.6 Å². The summed E-state index contributed by atoms with van der Waals surface area (Å²) >= 11 is 6.42. The maximum atomic E-state index is 13.8. The number of tetrazole rings is 1. The van der Waals surface area contributed by atoms with Crippen molar-refractivity contribution in [2.24, 2.45) is 0 Å². The van der Waals surface area contributed by atoms with Crippen LogP contribution in [0, 0.1) is 5.82 Å². The van der Waals surface area contributed by atoms with Crippen LogP contribution in [-0.4, -0.2) is 26.8 Å². The highest BCUT2D eigenvalue weighted by Crippen LogP contribution is 2.34. The Bertz CT molecular complexity index is 934. The Morgan fingerprint density at radius 3 is 2.64 bits per heavy atom. The van der Waals surface area contributed by atoms with Crippen molar-refractivity contribution >= 4 is 17.5 Å². The number of nitrogens with zero attached hydrogens (tertiary/aromatic N) is 4. The molecule has 0 spiro atoms. The van der Waals surface area contributed by atoms with Crippen LogP contribution in [0.25, 0.3) is 0 Å². The number of benzene rings is 2.